The number of thioether (sulfide) groups is 1. The highest BCUT2D eigenvalue weighted by molar-refractivity contribution is 7.98. The van der Waals surface area contributed by atoms with Gasteiger partial charge in [-0.15, -0.1) is 0 Å². The maximum atomic E-state index is 11.1. The number of nitrogens with zero attached hydrogens (tertiary/aromatic N) is 4. The Morgan fingerprint density at radius 2 is 2.14 bits per heavy atom. The summed E-state index contributed by atoms with van der Waals surface area (Å²) in [5.41, 5.74) is 0. The molecule has 0 spiro atoms. The van der Waals surface area contributed by atoms with E-state index in [1.54, 1.807) is 11.8 Å². The van der Waals surface area contributed by atoms with Crippen LogP contribution in [0.5, 0.6) is 0 Å². The van der Waals surface area contributed by atoms with Crippen LogP contribution < -0.4 is 5.32 Å². The fourth-order valence-corrected chi connectivity index (χ4v) is 2.95. The summed E-state index contributed by atoms with van der Waals surface area (Å²) < 4.78 is 2.05. The zero-order valence-corrected chi connectivity index (χ0v) is 13.9. The fourth-order valence-electron chi connectivity index (χ4n) is 2.56. The Morgan fingerprint density at radius 3 is 2.76 bits per heavy atom. The van der Waals surface area contributed by atoms with Crippen LogP contribution in [0.1, 0.15) is 37.5 Å². The van der Waals surface area contributed by atoms with E-state index in [0.29, 0.717) is 12.6 Å². The first-order valence-electron chi connectivity index (χ1n) is 7.46. The first-order valence-corrected chi connectivity index (χ1v) is 8.85. The van der Waals surface area contributed by atoms with Crippen molar-refractivity contribution in [3.8, 4) is 0 Å². The maximum Gasteiger partial charge on any atom is 0.217 e. The molecule has 1 aromatic rings. The molecular weight excluding hydrogens is 286 g/mol. The summed E-state index contributed by atoms with van der Waals surface area (Å²) in [6.45, 7) is 4.17. The molecule has 1 saturated heterocycles. The van der Waals surface area contributed by atoms with Gasteiger partial charge in [0.2, 0.25) is 5.91 Å². The number of carbonyl (C=O) groups excluding carboxylic acids is 1. The predicted molar refractivity (Wildman–Crippen MR) is 85.4 cm³/mol. The molecule has 0 aromatic carbocycles. The molecule has 0 unspecified atom stereocenters. The number of likely N-dealkylation sites (tertiary alicyclic amines) is 1. The summed E-state index contributed by atoms with van der Waals surface area (Å²) in [6, 6.07) is 0.403. The summed E-state index contributed by atoms with van der Waals surface area (Å²) in [6.07, 6.45) is 5.16. The first-order chi connectivity index (χ1) is 10.1. The predicted octanol–water partition coefficient (Wildman–Crippen LogP) is 1.09. The Bertz CT molecular complexity index is 468. The molecule has 2 rings (SSSR count). The van der Waals surface area contributed by atoms with Gasteiger partial charge >= 0.3 is 0 Å². The van der Waals surface area contributed by atoms with Crippen LogP contribution in [-0.4, -0.2) is 57.7 Å². The lowest BCUT2D eigenvalue weighted by atomic mass is 10.1. The van der Waals surface area contributed by atoms with Crippen molar-refractivity contribution >= 4 is 17.7 Å². The lowest BCUT2D eigenvalue weighted by Crippen LogP contribution is -2.33. The van der Waals surface area contributed by atoms with E-state index >= 15 is 0 Å². The summed E-state index contributed by atoms with van der Waals surface area (Å²) in [7, 11) is 2.15. The van der Waals surface area contributed by atoms with Crippen molar-refractivity contribution in [3.05, 3.63) is 11.6 Å². The molecule has 118 valence electrons. The molecule has 0 saturated carbocycles. The molecule has 2 heterocycles. The average molecular weight is 311 g/mol. The van der Waals surface area contributed by atoms with Crippen molar-refractivity contribution in [2.75, 3.05) is 32.1 Å². The minimum Gasteiger partial charge on any atom is -0.349 e. The molecule has 0 radical (unpaired) electrons. The second kappa shape index (κ2) is 7.79. The molecule has 0 bridgehead atoms. The summed E-state index contributed by atoms with van der Waals surface area (Å²) in [5.74, 6) is 2.77. The van der Waals surface area contributed by atoms with Crippen LogP contribution >= 0.6 is 11.8 Å². The summed E-state index contributed by atoms with van der Waals surface area (Å²) in [4.78, 5) is 18.1. The Kier molecular flexibility index (Phi) is 6.05. The van der Waals surface area contributed by atoms with Crippen molar-refractivity contribution in [2.45, 2.75) is 38.8 Å². The van der Waals surface area contributed by atoms with Crippen molar-refractivity contribution in [3.63, 3.8) is 0 Å². The van der Waals surface area contributed by atoms with E-state index in [9.17, 15) is 4.79 Å². The highest BCUT2D eigenvalue weighted by Crippen LogP contribution is 2.22. The van der Waals surface area contributed by atoms with Crippen LogP contribution in [0.25, 0.3) is 0 Å². The number of aromatic nitrogens is 3. The molecule has 1 aromatic heterocycles. The molecule has 1 fully saturated rings. The maximum absolute atomic E-state index is 11.1. The van der Waals surface area contributed by atoms with E-state index in [1.807, 2.05) is 0 Å². The molecule has 1 N–H and O–H groups in total. The number of amides is 1. The van der Waals surface area contributed by atoms with Crippen molar-refractivity contribution in [1.29, 1.82) is 0 Å². The van der Waals surface area contributed by atoms with Crippen molar-refractivity contribution < 1.29 is 4.79 Å². The number of rotatable bonds is 6. The highest BCUT2D eigenvalue weighted by Gasteiger charge is 2.22. The zero-order chi connectivity index (χ0) is 15.2. The van der Waals surface area contributed by atoms with E-state index in [-0.39, 0.29) is 5.91 Å². The second-order valence-electron chi connectivity index (χ2n) is 5.58. The van der Waals surface area contributed by atoms with Gasteiger partial charge in [-0.2, -0.15) is 16.9 Å². The lowest BCUT2D eigenvalue weighted by Gasteiger charge is -2.29. The number of hydrogen-bond acceptors (Lipinski definition) is 5. The van der Waals surface area contributed by atoms with Crippen LogP contribution in [0.3, 0.4) is 0 Å². The Morgan fingerprint density at radius 1 is 1.43 bits per heavy atom. The van der Waals surface area contributed by atoms with Gasteiger partial charge in [-0.05, 0) is 39.2 Å². The van der Waals surface area contributed by atoms with Crippen molar-refractivity contribution in [2.24, 2.45) is 0 Å². The third-order valence-electron chi connectivity index (χ3n) is 3.80. The average Bonchev–Trinajstić information content (AvgIpc) is 2.87. The number of piperidine rings is 1. The third-order valence-corrected chi connectivity index (χ3v) is 4.42. The van der Waals surface area contributed by atoms with Crippen LogP contribution in [-0.2, 0) is 17.8 Å². The molecule has 0 atom stereocenters. The minimum absolute atomic E-state index is 0.0291. The molecule has 1 amide bonds. The van der Waals surface area contributed by atoms with Crippen LogP contribution in [0, 0.1) is 0 Å². The van der Waals surface area contributed by atoms with Gasteiger partial charge in [0.25, 0.3) is 0 Å². The Balaban J connectivity index is 2.11. The second-order valence-corrected chi connectivity index (χ2v) is 6.56. The van der Waals surface area contributed by atoms with Crippen LogP contribution in [0.15, 0.2) is 0 Å². The van der Waals surface area contributed by atoms with E-state index < -0.39 is 0 Å². The van der Waals surface area contributed by atoms with Crippen LogP contribution in [0.2, 0.25) is 0 Å². The Hall–Kier alpha value is -1.08. The molecule has 21 heavy (non-hydrogen) atoms. The topological polar surface area (TPSA) is 63.1 Å². The summed E-state index contributed by atoms with van der Waals surface area (Å²) >= 11 is 1.80. The monoisotopic (exact) mass is 311 g/mol. The molecule has 1 aliphatic rings. The van der Waals surface area contributed by atoms with Gasteiger partial charge in [0.05, 0.1) is 12.6 Å². The van der Waals surface area contributed by atoms with E-state index in [1.165, 1.54) is 6.92 Å². The lowest BCUT2D eigenvalue weighted by molar-refractivity contribution is -0.119. The molecule has 7 heteroatoms. The SMILES string of the molecule is CSCCc1nc(CNC(C)=O)n(C2CCN(C)CC2)n1. The van der Waals surface area contributed by atoms with Crippen LogP contribution in [0.4, 0.5) is 0 Å². The third kappa shape index (κ3) is 4.71. The minimum atomic E-state index is -0.0291. The Labute approximate surface area is 130 Å². The smallest absolute Gasteiger partial charge is 0.217 e. The van der Waals surface area contributed by atoms with Gasteiger partial charge in [0.1, 0.15) is 5.82 Å². The fraction of sp³-hybridized carbons (Fsp3) is 0.786. The van der Waals surface area contributed by atoms with E-state index in [2.05, 4.69) is 33.2 Å². The number of aryl methyl sites for hydroxylation is 1. The molecule has 1 aliphatic heterocycles. The van der Waals surface area contributed by atoms with Crippen molar-refractivity contribution in [1.82, 2.24) is 25.0 Å². The standard InChI is InChI=1S/C14H25N5OS/c1-11(20)15-10-14-16-13(6-9-21-3)17-19(14)12-4-7-18(2)8-5-12/h12H,4-10H2,1-3H3,(H,15,20). The van der Waals surface area contributed by atoms with Gasteiger partial charge < -0.3 is 10.2 Å². The highest BCUT2D eigenvalue weighted by atomic mass is 32.2. The zero-order valence-electron chi connectivity index (χ0n) is 13.1. The van der Waals surface area contributed by atoms with E-state index in [0.717, 1.165) is 49.8 Å². The van der Waals surface area contributed by atoms with E-state index in [4.69, 9.17) is 5.10 Å². The van der Waals surface area contributed by atoms with Gasteiger partial charge in [-0.25, -0.2) is 9.67 Å². The van der Waals surface area contributed by atoms with Gasteiger partial charge in [-0.3, -0.25) is 4.79 Å². The quantitative estimate of drug-likeness (QED) is 0.852. The largest absolute Gasteiger partial charge is 0.349 e. The number of carbonyl (C=O) groups is 1. The number of nitrogens with one attached hydrogen (secondary N) is 1. The first kappa shape index (κ1) is 16.3. The van der Waals surface area contributed by atoms with Gasteiger partial charge in [-0.1, -0.05) is 0 Å². The normalized spacial score (nSPS) is 17.1. The number of hydrogen-bond donors (Lipinski definition) is 1. The molecule has 0 aliphatic carbocycles. The van der Waals surface area contributed by atoms with Gasteiger partial charge in [0.15, 0.2) is 5.82 Å². The molecule has 6 nitrogen and oxygen atoms in total. The molecular formula is C14H25N5OS. The van der Waals surface area contributed by atoms with Gasteiger partial charge in [0, 0.05) is 19.1 Å². The summed E-state index contributed by atoms with van der Waals surface area (Å²) in [5, 5.41) is 7.54.